The molecular weight excluding hydrogens is 334 g/mol. The van der Waals surface area contributed by atoms with E-state index < -0.39 is 0 Å². The number of aryl methyl sites for hydroxylation is 4. The molecule has 0 amide bonds. The number of benzene rings is 1. The minimum Gasteiger partial charge on any atom is -0.507 e. The first-order valence-electron chi connectivity index (χ1n) is 8.42. The first-order chi connectivity index (χ1) is 12.0. The van der Waals surface area contributed by atoms with Crippen molar-refractivity contribution in [1.82, 2.24) is 9.66 Å². The van der Waals surface area contributed by atoms with Crippen LogP contribution in [0.25, 0.3) is 10.2 Å². The number of aromatic hydroxyl groups is 1. The molecule has 0 bridgehead atoms. The topological polar surface area (TPSA) is 67.5 Å². The second-order valence-electron chi connectivity index (χ2n) is 6.47. The summed E-state index contributed by atoms with van der Waals surface area (Å²) in [5.74, 6) is 0.696. The van der Waals surface area contributed by atoms with Gasteiger partial charge in [-0.15, -0.1) is 11.3 Å². The van der Waals surface area contributed by atoms with Crippen molar-refractivity contribution in [3.8, 4) is 5.75 Å². The molecule has 128 valence electrons. The third kappa shape index (κ3) is 2.76. The lowest BCUT2D eigenvalue weighted by molar-refractivity contribution is 0.474. The highest BCUT2D eigenvalue weighted by molar-refractivity contribution is 7.18. The molecule has 25 heavy (non-hydrogen) atoms. The summed E-state index contributed by atoms with van der Waals surface area (Å²) in [6, 6.07) is 5.29. The molecule has 1 N–H and O–H groups in total. The van der Waals surface area contributed by atoms with Crippen LogP contribution in [0.3, 0.4) is 0 Å². The second-order valence-corrected chi connectivity index (χ2v) is 7.56. The summed E-state index contributed by atoms with van der Waals surface area (Å²) in [4.78, 5) is 19.7. The smallest absolute Gasteiger partial charge is 0.283 e. The Labute approximate surface area is 149 Å². The molecule has 0 atom stereocenters. The van der Waals surface area contributed by atoms with Gasteiger partial charge < -0.3 is 5.11 Å². The lowest BCUT2D eigenvalue weighted by Gasteiger charge is -2.10. The highest BCUT2D eigenvalue weighted by Gasteiger charge is 2.21. The molecule has 4 rings (SSSR count). The molecule has 0 fully saturated rings. The van der Waals surface area contributed by atoms with Gasteiger partial charge in [0.15, 0.2) is 0 Å². The number of aromatic nitrogens is 2. The zero-order valence-corrected chi connectivity index (χ0v) is 15.1. The number of hydrogen-bond acceptors (Lipinski definition) is 5. The van der Waals surface area contributed by atoms with E-state index in [-0.39, 0.29) is 11.3 Å². The SMILES string of the molecule is Cc1ccc(O)c(C=Nn2c(C)nc3sc4c(c3c2=O)CCCC4)c1. The molecule has 0 spiro atoms. The third-order valence-corrected chi connectivity index (χ3v) is 5.81. The van der Waals surface area contributed by atoms with E-state index in [2.05, 4.69) is 10.1 Å². The Morgan fingerprint density at radius 3 is 2.92 bits per heavy atom. The number of rotatable bonds is 2. The molecule has 1 aliphatic carbocycles. The van der Waals surface area contributed by atoms with Gasteiger partial charge in [0.25, 0.3) is 5.56 Å². The molecule has 1 aromatic carbocycles. The highest BCUT2D eigenvalue weighted by Crippen LogP contribution is 2.33. The quantitative estimate of drug-likeness (QED) is 0.717. The fraction of sp³-hybridized carbons (Fsp3) is 0.316. The van der Waals surface area contributed by atoms with Crippen molar-refractivity contribution in [3.63, 3.8) is 0 Å². The van der Waals surface area contributed by atoms with Gasteiger partial charge in [-0.3, -0.25) is 4.79 Å². The Bertz CT molecular complexity index is 1060. The summed E-state index contributed by atoms with van der Waals surface area (Å²) >= 11 is 1.64. The monoisotopic (exact) mass is 353 g/mol. The summed E-state index contributed by atoms with van der Waals surface area (Å²) in [7, 11) is 0. The van der Waals surface area contributed by atoms with E-state index in [0.717, 1.165) is 40.6 Å². The molecule has 5 nitrogen and oxygen atoms in total. The van der Waals surface area contributed by atoms with E-state index in [9.17, 15) is 9.90 Å². The number of hydrogen-bond donors (Lipinski definition) is 1. The van der Waals surface area contributed by atoms with Gasteiger partial charge in [0.2, 0.25) is 0 Å². The molecule has 0 aliphatic heterocycles. The van der Waals surface area contributed by atoms with Gasteiger partial charge in [0, 0.05) is 10.4 Å². The van der Waals surface area contributed by atoms with Gasteiger partial charge >= 0.3 is 0 Å². The van der Waals surface area contributed by atoms with Crippen molar-refractivity contribution in [2.45, 2.75) is 39.5 Å². The van der Waals surface area contributed by atoms with Crippen LogP contribution in [0.15, 0.2) is 28.1 Å². The average molecular weight is 353 g/mol. The Kier molecular flexibility index (Phi) is 3.92. The average Bonchev–Trinajstić information content (AvgIpc) is 2.95. The largest absolute Gasteiger partial charge is 0.507 e. The maximum absolute atomic E-state index is 13.0. The van der Waals surface area contributed by atoms with E-state index in [1.807, 2.05) is 19.1 Å². The molecule has 2 aromatic heterocycles. The summed E-state index contributed by atoms with van der Waals surface area (Å²) < 4.78 is 1.34. The Balaban J connectivity index is 1.86. The molecule has 0 saturated heterocycles. The number of phenolic OH excluding ortho intramolecular Hbond substituents is 1. The van der Waals surface area contributed by atoms with Crippen molar-refractivity contribution < 1.29 is 5.11 Å². The van der Waals surface area contributed by atoms with Crippen LogP contribution in [0, 0.1) is 13.8 Å². The van der Waals surface area contributed by atoms with Gasteiger partial charge in [0.05, 0.1) is 11.6 Å². The maximum Gasteiger partial charge on any atom is 0.283 e. The Hall–Kier alpha value is -2.47. The molecule has 1 aliphatic rings. The van der Waals surface area contributed by atoms with Crippen LogP contribution >= 0.6 is 11.3 Å². The number of fused-ring (bicyclic) bond motifs is 3. The maximum atomic E-state index is 13.0. The molecule has 0 saturated carbocycles. The van der Waals surface area contributed by atoms with Crippen LogP contribution in [0.1, 0.15) is 40.2 Å². The van der Waals surface area contributed by atoms with Gasteiger partial charge in [-0.2, -0.15) is 9.78 Å². The van der Waals surface area contributed by atoms with Crippen LogP contribution in [0.5, 0.6) is 5.75 Å². The molecule has 0 radical (unpaired) electrons. The molecule has 6 heteroatoms. The van der Waals surface area contributed by atoms with Gasteiger partial charge in [-0.05, 0) is 57.2 Å². The zero-order chi connectivity index (χ0) is 17.6. The normalized spacial score (nSPS) is 14.3. The van der Waals surface area contributed by atoms with E-state index in [1.165, 1.54) is 22.2 Å². The fourth-order valence-corrected chi connectivity index (χ4v) is 4.63. The highest BCUT2D eigenvalue weighted by atomic mass is 32.1. The Morgan fingerprint density at radius 1 is 1.28 bits per heavy atom. The summed E-state index contributed by atoms with van der Waals surface area (Å²) in [6.45, 7) is 3.73. The van der Waals surface area contributed by atoms with E-state index >= 15 is 0 Å². The molecular formula is C19H19N3O2S. The standard InChI is InChI=1S/C19H19N3O2S/c1-11-7-8-15(23)13(9-11)10-20-22-12(2)21-18-17(19(22)24)14-5-3-4-6-16(14)25-18/h7-10,23H,3-6H2,1-2H3. The molecule has 2 heterocycles. The van der Waals surface area contributed by atoms with Gasteiger partial charge in [0.1, 0.15) is 16.4 Å². The molecule has 3 aromatic rings. The summed E-state index contributed by atoms with van der Waals surface area (Å²) in [6.07, 6.45) is 5.79. The van der Waals surface area contributed by atoms with E-state index in [4.69, 9.17) is 0 Å². The second kappa shape index (κ2) is 6.11. The number of phenols is 1. The molecule has 0 unspecified atom stereocenters. The zero-order valence-electron chi connectivity index (χ0n) is 14.2. The van der Waals surface area contributed by atoms with E-state index in [1.54, 1.807) is 24.3 Å². The first kappa shape index (κ1) is 16.0. The number of thiophene rings is 1. The van der Waals surface area contributed by atoms with Crippen molar-refractivity contribution in [2.75, 3.05) is 0 Å². The summed E-state index contributed by atoms with van der Waals surface area (Å²) in [5.41, 5.74) is 2.64. The Morgan fingerprint density at radius 2 is 2.08 bits per heavy atom. The van der Waals surface area contributed by atoms with Crippen LogP contribution in [-0.4, -0.2) is 21.0 Å². The predicted octanol–water partition coefficient (Wildman–Crippen LogP) is 3.54. The summed E-state index contributed by atoms with van der Waals surface area (Å²) in [5, 5.41) is 15.0. The lowest BCUT2D eigenvalue weighted by Crippen LogP contribution is -2.21. The van der Waals surface area contributed by atoms with Gasteiger partial charge in [-0.25, -0.2) is 4.98 Å². The van der Waals surface area contributed by atoms with Crippen LogP contribution in [0.4, 0.5) is 0 Å². The fourth-order valence-electron chi connectivity index (χ4n) is 3.33. The predicted molar refractivity (Wildman–Crippen MR) is 101 cm³/mol. The third-order valence-electron chi connectivity index (χ3n) is 4.62. The van der Waals surface area contributed by atoms with Gasteiger partial charge in [-0.1, -0.05) is 11.6 Å². The van der Waals surface area contributed by atoms with Crippen LogP contribution in [0.2, 0.25) is 0 Å². The first-order valence-corrected chi connectivity index (χ1v) is 9.24. The van der Waals surface area contributed by atoms with Crippen molar-refractivity contribution in [2.24, 2.45) is 5.10 Å². The van der Waals surface area contributed by atoms with Crippen molar-refractivity contribution in [3.05, 3.63) is 55.9 Å². The minimum atomic E-state index is -0.120. The van der Waals surface area contributed by atoms with Crippen molar-refractivity contribution in [1.29, 1.82) is 0 Å². The van der Waals surface area contributed by atoms with Crippen LogP contribution < -0.4 is 5.56 Å². The number of nitrogens with zero attached hydrogens (tertiary/aromatic N) is 3. The lowest BCUT2D eigenvalue weighted by atomic mass is 9.97. The van der Waals surface area contributed by atoms with Crippen LogP contribution in [-0.2, 0) is 12.8 Å². The van der Waals surface area contributed by atoms with Crippen molar-refractivity contribution >= 4 is 27.8 Å². The van der Waals surface area contributed by atoms with E-state index in [0.29, 0.717) is 11.4 Å². The minimum absolute atomic E-state index is 0.120.